The highest BCUT2D eigenvalue weighted by atomic mass is 16.5. The van der Waals surface area contributed by atoms with Gasteiger partial charge in [-0.15, -0.1) is 0 Å². The molecular formula is C19H27NO4. The number of ether oxygens (including phenoxy) is 3. The van der Waals surface area contributed by atoms with E-state index in [1.165, 1.54) is 38.8 Å². The molecular weight excluding hydrogens is 306 g/mol. The van der Waals surface area contributed by atoms with Gasteiger partial charge in [-0.1, -0.05) is 6.42 Å². The molecule has 3 rings (SSSR count). The minimum Gasteiger partial charge on any atom is -0.493 e. The van der Waals surface area contributed by atoms with Crippen molar-refractivity contribution in [1.29, 1.82) is 0 Å². The van der Waals surface area contributed by atoms with Gasteiger partial charge in [0.1, 0.15) is 0 Å². The number of nitrogens with zero attached hydrogens (tertiary/aromatic N) is 1. The standard InChI is InChI=1S/C19H27NO4/c1-22-17-9-8-14(12-18(17)23-2)19(21)24-13-15-6-5-11-20-10-4-3-7-16(15)20/h8-9,12,15-16H,3-7,10-11,13H2,1-2H3/t15-,16+/m0/s1. The summed E-state index contributed by atoms with van der Waals surface area (Å²) in [5.41, 5.74) is 0.504. The average Bonchev–Trinajstić information content (AvgIpc) is 2.65. The van der Waals surface area contributed by atoms with E-state index in [4.69, 9.17) is 14.2 Å². The van der Waals surface area contributed by atoms with Crippen LogP contribution in [0.3, 0.4) is 0 Å². The molecule has 24 heavy (non-hydrogen) atoms. The maximum atomic E-state index is 12.4. The fourth-order valence-corrected chi connectivity index (χ4v) is 4.00. The van der Waals surface area contributed by atoms with Gasteiger partial charge in [0.05, 0.1) is 26.4 Å². The third-order valence-corrected chi connectivity index (χ3v) is 5.28. The third kappa shape index (κ3) is 3.66. The van der Waals surface area contributed by atoms with Gasteiger partial charge >= 0.3 is 5.97 Å². The SMILES string of the molecule is COc1ccc(C(=O)OC[C@@H]2CCCN3CCCC[C@H]23)cc1OC. The lowest BCUT2D eigenvalue weighted by Gasteiger charge is -2.44. The number of carbonyl (C=O) groups excluding carboxylic acids is 1. The van der Waals surface area contributed by atoms with Crippen LogP contribution in [0.2, 0.25) is 0 Å². The molecule has 0 bridgehead atoms. The van der Waals surface area contributed by atoms with Crippen molar-refractivity contribution in [3.05, 3.63) is 23.8 Å². The van der Waals surface area contributed by atoms with Crippen molar-refractivity contribution in [2.75, 3.05) is 33.9 Å². The second-order valence-corrected chi connectivity index (χ2v) is 6.67. The zero-order valence-electron chi connectivity index (χ0n) is 14.6. The first-order valence-corrected chi connectivity index (χ1v) is 8.86. The van der Waals surface area contributed by atoms with Gasteiger partial charge in [0, 0.05) is 12.0 Å². The molecule has 0 N–H and O–H groups in total. The predicted molar refractivity (Wildman–Crippen MR) is 91.8 cm³/mol. The Morgan fingerprint density at radius 1 is 1.08 bits per heavy atom. The summed E-state index contributed by atoms with van der Waals surface area (Å²) in [4.78, 5) is 15.0. The molecule has 1 aromatic rings. The van der Waals surface area contributed by atoms with Crippen molar-refractivity contribution >= 4 is 5.97 Å². The van der Waals surface area contributed by atoms with Crippen LogP contribution in [0, 0.1) is 5.92 Å². The molecule has 5 heteroatoms. The zero-order valence-corrected chi connectivity index (χ0v) is 14.6. The van der Waals surface area contributed by atoms with Gasteiger partial charge in [-0.3, -0.25) is 4.90 Å². The fourth-order valence-electron chi connectivity index (χ4n) is 4.00. The summed E-state index contributed by atoms with van der Waals surface area (Å²) in [6.07, 6.45) is 6.18. The van der Waals surface area contributed by atoms with E-state index in [-0.39, 0.29) is 5.97 Å². The molecule has 2 saturated heterocycles. The van der Waals surface area contributed by atoms with Crippen LogP contribution in [-0.4, -0.2) is 50.8 Å². The number of hydrogen-bond donors (Lipinski definition) is 0. The van der Waals surface area contributed by atoms with E-state index in [9.17, 15) is 4.79 Å². The number of piperidine rings is 2. The first-order chi connectivity index (χ1) is 11.7. The van der Waals surface area contributed by atoms with Crippen LogP contribution in [-0.2, 0) is 4.74 Å². The third-order valence-electron chi connectivity index (χ3n) is 5.28. The monoisotopic (exact) mass is 333 g/mol. The molecule has 0 aromatic heterocycles. The molecule has 2 aliphatic heterocycles. The summed E-state index contributed by atoms with van der Waals surface area (Å²) >= 11 is 0. The van der Waals surface area contributed by atoms with Crippen LogP contribution in [0.5, 0.6) is 11.5 Å². The Labute approximate surface area is 143 Å². The number of rotatable bonds is 5. The molecule has 2 fully saturated rings. The van der Waals surface area contributed by atoms with Crippen LogP contribution in [0.25, 0.3) is 0 Å². The van der Waals surface area contributed by atoms with Crippen molar-refractivity contribution < 1.29 is 19.0 Å². The number of benzene rings is 1. The summed E-state index contributed by atoms with van der Waals surface area (Å²) in [5, 5.41) is 0. The minimum absolute atomic E-state index is 0.288. The van der Waals surface area contributed by atoms with E-state index >= 15 is 0 Å². The lowest BCUT2D eigenvalue weighted by Crippen LogP contribution is -2.49. The van der Waals surface area contributed by atoms with E-state index in [2.05, 4.69) is 4.90 Å². The van der Waals surface area contributed by atoms with Gasteiger partial charge in [-0.2, -0.15) is 0 Å². The van der Waals surface area contributed by atoms with Gasteiger partial charge in [-0.05, 0) is 57.0 Å². The van der Waals surface area contributed by atoms with Crippen LogP contribution in [0.1, 0.15) is 42.5 Å². The molecule has 0 amide bonds. The van der Waals surface area contributed by atoms with Crippen LogP contribution >= 0.6 is 0 Å². The van der Waals surface area contributed by atoms with E-state index in [1.54, 1.807) is 32.4 Å². The molecule has 2 heterocycles. The average molecular weight is 333 g/mol. The summed E-state index contributed by atoms with van der Waals surface area (Å²) < 4.78 is 16.1. The Kier molecular flexibility index (Phi) is 5.61. The number of esters is 1. The predicted octanol–water partition coefficient (Wildman–Crippen LogP) is 3.13. The molecule has 2 aliphatic rings. The summed E-state index contributed by atoms with van der Waals surface area (Å²) in [6, 6.07) is 5.72. The molecule has 1 aromatic carbocycles. The first kappa shape index (κ1) is 17.1. The normalized spacial score (nSPS) is 24.1. The lowest BCUT2D eigenvalue weighted by molar-refractivity contribution is 0.00737. The molecule has 0 spiro atoms. The van der Waals surface area contributed by atoms with Gasteiger partial charge in [-0.25, -0.2) is 4.79 Å². The Morgan fingerprint density at radius 2 is 1.88 bits per heavy atom. The highest BCUT2D eigenvalue weighted by molar-refractivity contribution is 5.90. The van der Waals surface area contributed by atoms with E-state index in [0.29, 0.717) is 35.6 Å². The van der Waals surface area contributed by atoms with E-state index in [0.717, 1.165) is 6.42 Å². The molecule has 0 radical (unpaired) electrons. The molecule has 132 valence electrons. The smallest absolute Gasteiger partial charge is 0.338 e. The highest BCUT2D eigenvalue weighted by Crippen LogP contribution is 2.32. The Morgan fingerprint density at radius 3 is 2.67 bits per heavy atom. The molecule has 2 atom stereocenters. The molecule has 0 unspecified atom stereocenters. The van der Waals surface area contributed by atoms with Gasteiger partial charge < -0.3 is 14.2 Å². The summed E-state index contributed by atoms with van der Waals surface area (Å²) in [5.74, 6) is 1.33. The topological polar surface area (TPSA) is 48.0 Å². The van der Waals surface area contributed by atoms with Crippen LogP contribution < -0.4 is 9.47 Å². The molecule has 0 saturated carbocycles. The van der Waals surface area contributed by atoms with Crippen molar-refractivity contribution in [3.63, 3.8) is 0 Å². The maximum absolute atomic E-state index is 12.4. The lowest BCUT2D eigenvalue weighted by atomic mass is 9.84. The second kappa shape index (κ2) is 7.88. The van der Waals surface area contributed by atoms with Gasteiger partial charge in [0.15, 0.2) is 11.5 Å². The number of methoxy groups -OCH3 is 2. The van der Waals surface area contributed by atoms with E-state index < -0.39 is 0 Å². The van der Waals surface area contributed by atoms with Gasteiger partial charge in [0.2, 0.25) is 0 Å². The number of carbonyl (C=O) groups is 1. The fraction of sp³-hybridized carbons (Fsp3) is 0.632. The van der Waals surface area contributed by atoms with Gasteiger partial charge in [0.25, 0.3) is 0 Å². The van der Waals surface area contributed by atoms with Crippen molar-refractivity contribution in [2.45, 2.75) is 38.1 Å². The van der Waals surface area contributed by atoms with Crippen LogP contribution in [0.4, 0.5) is 0 Å². The molecule has 0 aliphatic carbocycles. The quantitative estimate of drug-likeness (QED) is 0.775. The maximum Gasteiger partial charge on any atom is 0.338 e. The van der Waals surface area contributed by atoms with Crippen LogP contribution in [0.15, 0.2) is 18.2 Å². The minimum atomic E-state index is -0.288. The largest absolute Gasteiger partial charge is 0.493 e. The summed E-state index contributed by atoms with van der Waals surface area (Å²) in [6.45, 7) is 2.91. The molecule has 5 nitrogen and oxygen atoms in total. The Hall–Kier alpha value is -1.75. The summed E-state index contributed by atoms with van der Waals surface area (Å²) in [7, 11) is 3.14. The highest BCUT2D eigenvalue weighted by Gasteiger charge is 2.33. The second-order valence-electron chi connectivity index (χ2n) is 6.67. The first-order valence-electron chi connectivity index (χ1n) is 8.86. The number of hydrogen-bond acceptors (Lipinski definition) is 5. The van der Waals surface area contributed by atoms with Crippen molar-refractivity contribution in [3.8, 4) is 11.5 Å². The van der Waals surface area contributed by atoms with Crippen molar-refractivity contribution in [1.82, 2.24) is 4.90 Å². The zero-order chi connectivity index (χ0) is 16.9. The number of fused-ring (bicyclic) bond motifs is 1. The van der Waals surface area contributed by atoms with E-state index in [1.807, 2.05) is 0 Å². The Bertz CT molecular complexity index is 572. The van der Waals surface area contributed by atoms with Crippen molar-refractivity contribution in [2.24, 2.45) is 5.92 Å². The Balaban J connectivity index is 1.60.